The van der Waals surface area contributed by atoms with E-state index in [0.29, 0.717) is 0 Å². The Morgan fingerprint density at radius 3 is 2.81 bits per heavy atom. The second-order valence-electron chi connectivity index (χ2n) is 3.23. The molecule has 5 heteroatoms. The van der Waals surface area contributed by atoms with Crippen LogP contribution in [0.1, 0.15) is 23.9 Å². The molecule has 0 saturated carbocycles. The molecule has 0 aliphatic heterocycles. The summed E-state index contributed by atoms with van der Waals surface area (Å²) in [5, 5.41) is 27.4. The van der Waals surface area contributed by atoms with Gasteiger partial charge in [-0.15, -0.1) is 0 Å². The Bertz CT molecular complexity index is 519. The number of aromatic hydroxyl groups is 2. The predicted molar refractivity (Wildman–Crippen MR) is 58.3 cm³/mol. The van der Waals surface area contributed by atoms with Gasteiger partial charge >= 0.3 is 5.97 Å². The second-order valence-corrected chi connectivity index (χ2v) is 3.23. The van der Waals surface area contributed by atoms with Gasteiger partial charge in [-0.25, -0.2) is 0 Å². The fourth-order valence-corrected chi connectivity index (χ4v) is 1.11. The number of carboxylic acids is 1. The summed E-state index contributed by atoms with van der Waals surface area (Å²) in [6, 6.07) is -3.65. The van der Waals surface area contributed by atoms with E-state index in [0.717, 1.165) is 0 Å². The first-order chi connectivity index (χ1) is 9.09. The number of nitrogens with two attached hydrogens (primary N) is 1. The quantitative estimate of drug-likeness (QED) is 0.560. The molecule has 5 nitrogen and oxygen atoms in total. The van der Waals surface area contributed by atoms with Gasteiger partial charge in [0.25, 0.3) is 0 Å². The number of hydrogen-bond acceptors (Lipinski definition) is 4. The van der Waals surface area contributed by atoms with Gasteiger partial charge in [0, 0.05) is 0 Å². The van der Waals surface area contributed by atoms with E-state index in [-0.39, 0.29) is 24.8 Å². The molecule has 16 heavy (non-hydrogen) atoms. The summed E-state index contributed by atoms with van der Waals surface area (Å²) >= 11 is 0. The van der Waals surface area contributed by atoms with E-state index in [4.69, 9.17) is 16.3 Å². The van der Waals surface area contributed by atoms with Crippen molar-refractivity contribution in [3.63, 3.8) is 0 Å². The van der Waals surface area contributed by atoms with E-state index in [2.05, 4.69) is 0 Å². The molecule has 1 aromatic rings. The lowest BCUT2D eigenvalue weighted by atomic mass is 10.0. The average molecular weight is 229 g/mol. The minimum Gasteiger partial charge on any atom is -0.504 e. The predicted octanol–water partition coefficient (Wildman–Crippen LogP) is 0.832. The number of carbonyl (C=O) groups is 1. The van der Waals surface area contributed by atoms with Gasteiger partial charge < -0.3 is 21.1 Å². The molecule has 0 radical (unpaired) electrons. The Labute approximate surface area is 98.8 Å². The van der Waals surface area contributed by atoms with Gasteiger partial charge in [-0.05, 0) is 36.9 Å². The van der Waals surface area contributed by atoms with Crippen LogP contribution in [0.25, 0.3) is 0 Å². The first-order valence-electron chi connectivity index (χ1n) is 6.62. The van der Waals surface area contributed by atoms with Crippen LogP contribution in [-0.4, -0.2) is 27.3 Å². The lowest BCUT2D eigenvalue weighted by Crippen LogP contribution is -2.29. The van der Waals surface area contributed by atoms with Gasteiger partial charge in [0.15, 0.2) is 11.5 Å². The molecule has 0 bridgehead atoms. The van der Waals surface area contributed by atoms with Crippen LogP contribution in [0.3, 0.4) is 0 Å². The van der Waals surface area contributed by atoms with E-state index in [9.17, 15) is 15.0 Å². The molecular weight excluding hydrogens is 210 g/mol. The maximum absolute atomic E-state index is 10.7. The molecule has 5 N–H and O–H groups in total. The molecule has 1 atom stereocenters. The van der Waals surface area contributed by atoms with Crippen molar-refractivity contribution in [3.05, 3.63) is 23.7 Å². The van der Waals surface area contributed by atoms with Crippen LogP contribution in [0.15, 0.2) is 18.1 Å². The highest BCUT2D eigenvalue weighted by Gasteiger charge is 2.10. The maximum Gasteiger partial charge on any atom is 0.320 e. The van der Waals surface area contributed by atoms with E-state index >= 15 is 0 Å². The average Bonchev–Trinajstić information content (AvgIpc) is 2.38. The SMILES string of the molecule is [2H]c1c([2H])c(CCCC([2H])(N)C(=O)O)c([2H])c(O)c1O. The number of aliphatic carboxylic acids is 1. The molecule has 1 aromatic carbocycles. The molecular formula is C11H15NO4. The van der Waals surface area contributed by atoms with Crippen molar-refractivity contribution in [2.24, 2.45) is 5.73 Å². The Morgan fingerprint density at radius 1 is 1.50 bits per heavy atom. The van der Waals surface area contributed by atoms with E-state index in [1.807, 2.05) is 0 Å². The van der Waals surface area contributed by atoms with Gasteiger partial charge in [0.05, 0.1) is 5.48 Å². The molecule has 0 fully saturated rings. The van der Waals surface area contributed by atoms with Gasteiger partial charge in [-0.2, -0.15) is 0 Å². The summed E-state index contributed by atoms with van der Waals surface area (Å²) < 4.78 is 29.9. The zero-order chi connectivity index (χ0) is 15.7. The van der Waals surface area contributed by atoms with E-state index in [1.54, 1.807) is 0 Å². The Morgan fingerprint density at radius 2 is 2.19 bits per heavy atom. The van der Waals surface area contributed by atoms with Gasteiger partial charge in [-0.1, -0.05) is 6.04 Å². The smallest absolute Gasteiger partial charge is 0.320 e. The molecule has 0 aliphatic carbocycles. The van der Waals surface area contributed by atoms with Crippen LogP contribution in [0.5, 0.6) is 11.5 Å². The van der Waals surface area contributed by atoms with Crippen molar-refractivity contribution in [2.45, 2.75) is 25.3 Å². The first-order valence-corrected chi connectivity index (χ1v) is 4.62. The molecule has 0 aliphatic rings. The zero-order valence-corrected chi connectivity index (χ0v) is 8.45. The normalized spacial score (nSPS) is 17.8. The number of carboxylic acid groups (broad SMARTS) is 1. The summed E-state index contributed by atoms with van der Waals surface area (Å²) in [7, 11) is 0. The summed E-state index contributed by atoms with van der Waals surface area (Å²) in [4.78, 5) is 10.7. The third kappa shape index (κ3) is 3.43. The third-order valence-electron chi connectivity index (χ3n) is 1.97. The summed E-state index contributed by atoms with van der Waals surface area (Å²) in [6.45, 7) is 0. The molecule has 0 aromatic heterocycles. The molecule has 0 saturated heterocycles. The van der Waals surface area contributed by atoms with Crippen LogP contribution < -0.4 is 5.73 Å². The molecule has 1 unspecified atom stereocenters. The highest BCUT2D eigenvalue weighted by Crippen LogP contribution is 2.25. The first kappa shape index (κ1) is 7.51. The summed E-state index contributed by atoms with van der Waals surface area (Å²) in [5.41, 5.74) is 5.24. The number of hydrogen-bond donors (Lipinski definition) is 4. The van der Waals surface area contributed by atoms with Crippen LogP contribution in [0.2, 0.25) is 0 Å². The summed E-state index contributed by atoms with van der Waals surface area (Å²) in [5.74, 6) is -3.10. The molecule has 1 rings (SSSR count). The fraction of sp³-hybridized carbons (Fsp3) is 0.364. The standard InChI is InChI=1S/C11H15NO4/c12-8(11(15)16)3-1-2-7-4-5-9(13)10(14)6-7/h4-6,8,13-14H,1-3,12H2,(H,15,16)/i4D,5D,6D,8D. The van der Waals surface area contributed by atoms with Crippen molar-refractivity contribution in [1.29, 1.82) is 0 Å². The van der Waals surface area contributed by atoms with Crippen molar-refractivity contribution in [1.82, 2.24) is 0 Å². The van der Waals surface area contributed by atoms with Crippen LogP contribution in [0, 0.1) is 0 Å². The fourth-order valence-electron chi connectivity index (χ4n) is 1.11. The zero-order valence-electron chi connectivity index (χ0n) is 12.4. The van der Waals surface area contributed by atoms with Gasteiger partial charge in [0.1, 0.15) is 6.02 Å². The highest BCUT2D eigenvalue weighted by molar-refractivity contribution is 5.72. The Balaban J connectivity index is 2.93. The Kier molecular flexibility index (Phi) is 2.52. The third-order valence-corrected chi connectivity index (χ3v) is 1.97. The number of phenolic OH excluding ortho intramolecular Hbond substituents is 2. The molecule has 0 heterocycles. The Hall–Kier alpha value is -1.75. The highest BCUT2D eigenvalue weighted by atomic mass is 16.4. The topological polar surface area (TPSA) is 104 Å². The van der Waals surface area contributed by atoms with Crippen molar-refractivity contribution < 1.29 is 25.6 Å². The van der Waals surface area contributed by atoms with E-state index in [1.165, 1.54) is 0 Å². The molecule has 88 valence electrons. The van der Waals surface area contributed by atoms with Crippen LogP contribution in [0.4, 0.5) is 0 Å². The largest absolute Gasteiger partial charge is 0.504 e. The second kappa shape index (κ2) is 5.37. The number of rotatable bonds is 5. The van der Waals surface area contributed by atoms with Crippen LogP contribution >= 0.6 is 0 Å². The van der Waals surface area contributed by atoms with Crippen molar-refractivity contribution in [2.75, 3.05) is 0 Å². The molecule has 0 amide bonds. The number of benzene rings is 1. The van der Waals surface area contributed by atoms with Gasteiger partial charge in [0.2, 0.25) is 0 Å². The van der Waals surface area contributed by atoms with Crippen molar-refractivity contribution in [3.8, 4) is 11.5 Å². The number of phenols is 2. The minimum atomic E-state index is -2.16. The van der Waals surface area contributed by atoms with Crippen molar-refractivity contribution >= 4 is 5.97 Å². The monoisotopic (exact) mass is 229 g/mol. The summed E-state index contributed by atoms with van der Waals surface area (Å²) in [6.07, 6.45) is -0.119. The lowest BCUT2D eigenvalue weighted by Gasteiger charge is -2.06. The molecule has 0 spiro atoms. The minimum absolute atomic E-state index is 0.00248. The van der Waals surface area contributed by atoms with Gasteiger partial charge in [-0.3, -0.25) is 4.79 Å². The lowest BCUT2D eigenvalue weighted by molar-refractivity contribution is -0.138. The maximum atomic E-state index is 10.7. The van der Waals surface area contributed by atoms with Crippen LogP contribution in [-0.2, 0) is 11.2 Å². The van der Waals surface area contributed by atoms with E-state index < -0.39 is 41.6 Å².